The highest BCUT2D eigenvalue weighted by molar-refractivity contribution is 5.92. The molecular weight excluding hydrogens is 286 g/mol. The molecule has 0 spiro atoms. The zero-order valence-electron chi connectivity index (χ0n) is 14.3. The van der Waals surface area contributed by atoms with Crippen LogP contribution in [0.5, 0.6) is 0 Å². The van der Waals surface area contributed by atoms with E-state index in [1.807, 2.05) is 25.1 Å². The van der Waals surface area contributed by atoms with E-state index in [2.05, 4.69) is 4.90 Å². The van der Waals surface area contributed by atoms with Crippen molar-refractivity contribution in [2.24, 2.45) is 0 Å². The van der Waals surface area contributed by atoms with Crippen LogP contribution in [0.15, 0.2) is 22.6 Å². The number of carbonyl (C=O) groups is 1. The van der Waals surface area contributed by atoms with Crippen molar-refractivity contribution in [3.05, 3.63) is 29.7 Å². The summed E-state index contributed by atoms with van der Waals surface area (Å²) in [5.74, 6) is 1.83. The zero-order valence-corrected chi connectivity index (χ0v) is 14.3. The molecule has 126 valence electrons. The minimum Gasteiger partial charge on any atom is -0.462 e. The van der Waals surface area contributed by atoms with Crippen LogP contribution in [0.3, 0.4) is 0 Å². The van der Waals surface area contributed by atoms with Crippen LogP contribution in [0, 0.1) is 6.92 Å². The second-order valence-electron chi connectivity index (χ2n) is 7.11. The Bertz CT molecular complexity index is 516. The molecule has 0 aliphatic heterocycles. The third kappa shape index (κ3) is 4.27. The van der Waals surface area contributed by atoms with E-state index in [4.69, 9.17) is 4.42 Å². The van der Waals surface area contributed by atoms with Gasteiger partial charge in [-0.2, -0.15) is 0 Å². The molecule has 0 atom stereocenters. The fraction of sp³-hybridized carbons (Fsp3) is 0.650. The largest absolute Gasteiger partial charge is 0.462 e. The first-order chi connectivity index (χ1) is 11.2. The molecule has 1 amide bonds. The number of hydrogen-bond acceptors (Lipinski definition) is 2. The highest BCUT2D eigenvalue weighted by Crippen LogP contribution is 2.30. The normalized spacial score (nSPS) is 20.9. The highest BCUT2D eigenvalue weighted by Gasteiger charge is 2.31. The maximum absolute atomic E-state index is 12.9. The van der Waals surface area contributed by atoms with Crippen LogP contribution in [0.4, 0.5) is 0 Å². The number of amides is 1. The van der Waals surface area contributed by atoms with Crippen molar-refractivity contribution in [1.82, 2.24) is 4.90 Å². The zero-order chi connectivity index (χ0) is 16.1. The summed E-state index contributed by atoms with van der Waals surface area (Å²) in [5, 5.41) is 0. The third-order valence-electron chi connectivity index (χ3n) is 5.34. The Hall–Kier alpha value is -1.51. The van der Waals surface area contributed by atoms with Gasteiger partial charge in [0.25, 0.3) is 0 Å². The third-order valence-corrected chi connectivity index (χ3v) is 5.34. The Morgan fingerprint density at radius 3 is 2.04 bits per heavy atom. The molecule has 0 aromatic carbocycles. The summed E-state index contributed by atoms with van der Waals surface area (Å²) in [6.45, 7) is 1.93. The molecule has 0 radical (unpaired) electrons. The van der Waals surface area contributed by atoms with Crippen molar-refractivity contribution in [3.63, 3.8) is 0 Å². The van der Waals surface area contributed by atoms with Crippen LogP contribution < -0.4 is 0 Å². The topological polar surface area (TPSA) is 33.5 Å². The van der Waals surface area contributed by atoms with E-state index in [0.29, 0.717) is 12.1 Å². The molecule has 1 aromatic rings. The standard InChI is InChI=1S/C20H29NO2/c1-16-12-13-19(23-16)14-15-20(22)21(17-8-4-2-5-9-17)18-10-6-3-7-11-18/h12-15,17-18H,2-11H2,1H3/b15-14+. The maximum Gasteiger partial charge on any atom is 0.247 e. The van der Waals surface area contributed by atoms with Crippen LogP contribution in [0.1, 0.15) is 75.7 Å². The Balaban J connectivity index is 1.72. The van der Waals surface area contributed by atoms with Gasteiger partial charge in [0, 0.05) is 18.2 Å². The summed E-state index contributed by atoms with van der Waals surface area (Å²) in [6.07, 6.45) is 16.0. The first kappa shape index (κ1) is 16.4. The first-order valence-corrected chi connectivity index (χ1v) is 9.31. The molecule has 1 heterocycles. The van der Waals surface area contributed by atoms with Gasteiger partial charge in [-0.1, -0.05) is 38.5 Å². The minimum atomic E-state index is 0.179. The smallest absolute Gasteiger partial charge is 0.247 e. The number of rotatable bonds is 4. The number of furan rings is 1. The van der Waals surface area contributed by atoms with Crippen LogP contribution in [0.25, 0.3) is 6.08 Å². The highest BCUT2D eigenvalue weighted by atomic mass is 16.3. The molecule has 3 heteroatoms. The minimum absolute atomic E-state index is 0.179. The Kier molecular flexibility index (Phi) is 5.58. The maximum atomic E-state index is 12.9. The second-order valence-corrected chi connectivity index (χ2v) is 7.11. The van der Waals surface area contributed by atoms with E-state index in [-0.39, 0.29) is 5.91 Å². The van der Waals surface area contributed by atoms with Crippen LogP contribution in [-0.2, 0) is 4.79 Å². The predicted molar refractivity (Wildman–Crippen MR) is 93.1 cm³/mol. The van der Waals surface area contributed by atoms with Crippen LogP contribution in [-0.4, -0.2) is 22.9 Å². The van der Waals surface area contributed by atoms with Crippen molar-refractivity contribution in [1.29, 1.82) is 0 Å². The average Bonchev–Trinajstić information content (AvgIpc) is 3.01. The van der Waals surface area contributed by atoms with Crippen molar-refractivity contribution in [2.75, 3.05) is 0 Å². The molecular formula is C20H29NO2. The van der Waals surface area contributed by atoms with E-state index in [1.165, 1.54) is 64.2 Å². The van der Waals surface area contributed by atoms with Gasteiger partial charge in [0.15, 0.2) is 0 Å². The van der Waals surface area contributed by atoms with Crippen molar-refractivity contribution < 1.29 is 9.21 Å². The lowest BCUT2D eigenvalue weighted by Crippen LogP contribution is -2.48. The molecule has 1 aromatic heterocycles. The van der Waals surface area contributed by atoms with Crippen molar-refractivity contribution in [2.45, 2.75) is 83.2 Å². The Labute approximate surface area is 139 Å². The molecule has 2 aliphatic rings. The number of aryl methyl sites for hydroxylation is 1. The Morgan fingerprint density at radius 2 is 1.57 bits per heavy atom. The van der Waals surface area contributed by atoms with Gasteiger partial charge in [0.2, 0.25) is 5.91 Å². The van der Waals surface area contributed by atoms with Gasteiger partial charge in [-0.15, -0.1) is 0 Å². The Morgan fingerprint density at radius 1 is 1.00 bits per heavy atom. The van der Waals surface area contributed by atoms with Crippen LogP contribution >= 0.6 is 0 Å². The lowest BCUT2D eigenvalue weighted by Gasteiger charge is -2.41. The van der Waals surface area contributed by atoms with E-state index >= 15 is 0 Å². The summed E-state index contributed by atoms with van der Waals surface area (Å²) < 4.78 is 5.55. The molecule has 0 N–H and O–H groups in total. The summed E-state index contributed by atoms with van der Waals surface area (Å²) in [4.78, 5) is 15.1. The lowest BCUT2D eigenvalue weighted by atomic mass is 9.88. The van der Waals surface area contributed by atoms with Gasteiger partial charge in [0.1, 0.15) is 11.5 Å². The predicted octanol–water partition coefficient (Wildman–Crippen LogP) is 5.10. The van der Waals surface area contributed by atoms with E-state index in [9.17, 15) is 4.79 Å². The van der Waals surface area contributed by atoms with Gasteiger partial charge < -0.3 is 9.32 Å². The van der Waals surface area contributed by atoms with Crippen LogP contribution in [0.2, 0.25) is 0 Å². The van der Waals surface area contributed by atoms with Gasteiger partial charge >= 0.3 is 0 Å². The van der Waals surface area contributed by atoms with E-state index < -0.39 is 0 Å². The fourth-order valence-corrected chi connectivity index (χ4v) is 4.16. The molecule has 2 aliphatic carbocycles. The molecule has 0 bridgehead atoms. The number of carbonyl (C=O) groups excluding carboxylic acids is 1. The molecule has 3 rings (SSSR count). The molecule has 2 fully saturated rings. The molecule has 23 heavy (non-hydrogen) atoms. The summed E-state index contributed by atoms with van der Waals surface area (Å²) in [7, 11) is 0. The lowest BCUT2D eigenvalue weighted by molar-refractivity contribution is -0.132. The van der Waals surface area contributed by atoms with Crippen molar-refractivity contribution >= 4 is 12.0 Å². The number of hydrogen-bond donors (Lipinski definition) is 0. The first-order valence-electron chi connectivity index (χ1n) is 9.31. The molecule has 0 saturated heterocycles. The van der Waals surface area contributed by atoms with E-state index in [0.717, 1.165) is 11.5 Å². The SMILES string of the molecule is Cc1ccc(/C=C/C(=O)N(C2CCCCC2)C2CCCCC2)o1. The average molecular weight is 315 g/mol. The number of nitrogens with zero attached hydrogens (tertiary/aromatic N) is 1. The van der Waals surface area contributed by atoms with Gasteiger partial charge in [-0.25, -0.2) is 0 Å². The molecule has 0 unspecified atom stereocenters. The van der Waals surface area contributed by atoms with Gasteiger partial charge in [-0.3, -0.25) is 4.79 Å². The molecule has 3 nitrogen and oxygen atoms in total. The van der Waals surface area contributed by atoms with Crippen molar-refractivity contribution in [3.8, 4) is 0 Å². The second kappa shape index (κ2) is 7.85. The monoisotopic (exact) mass is 315 g/mol. The fourth-order valence-electron chi connectivity index (χ4n) is 4.16. The molecule has 2 saturated carbocycles. The van der Waals surface area contributed by atoms with Gasteiger partial charge in [0.05, 0.1) is 0 Å². The quantitative estimate of drug-likeness (QED) is 0.725. The van der Waals surface area contributed by atoms with E-state index in [1.54, 1.807) is 6.08 Å². The van der Waals surface area contributed by atoms with Gasteiger partial charge in [-0.05, 0) is 50.8 Å². The summed E-state index contributed by atoms with van der Waals surface area (Å²) in [5.41, 5.74) is 0. The summed E-state index contributed by atoms with van der Waals surface area (Å²) in [6, 6.07) is 4.75. The summed E-state index contributed by atoms with van der Waals surface area (Å²) >= 11 is 0.